The van der Waals surface area contributed by atoms with Gasteiger partial charge in [-0.15, -0.1) is 0 Å². The number of rotatable bonds is 3. The standard InChI is InChI=1S/C30H28NP/c1-5-13-27-23(9-1)19-31(20-24-10-2-6-14-28(24)27)17-18-32-21-25-11-3-7-15-29(25)30-16-8-4-12-26(30)22-32/h1-16H,17-22H2. The first-order valence-corrected chi connectivity index (χ1v) is 13.5. The molecule has 0 spiro atoms. The molecule has 0 bridgehead atoms. The van der Waals surface area contributed by atoms with E-state index in [2.05, 4.69) is 102 Å². The lowest BCUT2D eigenvalue weighted by Crippen LogP contribution is -2.25. The lowest BCUT2D eigenvalue weighted by Gasteiger charge is -2.24. The van der Waals surface area contributed by atoms with Gasteiger partial charge in [0.05, 0.1) is 0 Å². The van der Waals surface area contributed by atoms with E-state index in [0.29, 0.717) is 0 Å². The van der Waals surface area contributed by atoms with Crippen molar-refractivity contribution in [1.82, 2.24) is 4.90 Å². The minimum atomic E-state index is -0.0814. The van der Waals surface area contributed by atoms with Gasteiger partial charge in [-0.1, -0.05) is 105 Å². The minimum absolute atomic E-state index is 0.0814. The van der Waals surface area contributed by atoms with E-state index in [-0.39, 0.29) is 7.92 Å². The highest BCUT2D eigenvalue weighted by Gasteiger charge is 2.23. The van der Waals surface area contributed by atoms with Gasteiger partial charge in [0.1, 0.15) is 0 Å². The third-order valence-electron chi connectivity index (χ3n) is 6.96. The van der Waals surface area contributed by atoms with Crippen LogP contribution in [0.25, 0.3) is 22.3 Å². The molecule has 2 aliphatic rings. The van der Waals surface area contributed by atoms with E-state index in [4.69, 9.17) is 0 Å². The van der Waals surface area contributed by atoms with Crippen LogP contribution in [0.3, 0.4) is 0 Å². The predicted molar refractivity (Wildman–Crippen MR) is 137 cm³/mol. The molecule has 4 aromatic carbocycles. The highest BCUT2D eigenvalue weighted by atomic mass is 31.1. The normalized spacial score (nSPS) is 15.6. The van der Waals surface area contributed by atoms with Crippen LogP contribution in [0.1, 0.15) is 22.3 Å². The van der Waals surface area contributed by atoms with Gasteiger partial charge < -0.3 is 0 Å². The smallest absolute Gasteiger partial charge is 0.0243 e. The molecule has 0 fully saturated rings. The van der Waals surface area contributed by atoms with Crippen molar-refractivity contribution in [2.75, 3.05) is 12.7 Å². The van der Waals surface area contributed by atoms with E-state index in [0.717, 1.165) is 13.1 Å². The molecule has 158 valence electrons. The fraction of sp³-hybridized carbons (Fsp3) is 0.200. The predicted octanol–water partition coefficient (Wildman–Crippen LogP) is 7.53. The van der Waals surface area contributed by atoms with Crippen molar-refractivity contribution in [1.29, 1.82) is 0 Å². The Morgan fingerprint density at radius 3 is 1.34 bits per heavy atom. The van der Waals surface area contributed by atoms with Gasteiger partial charge in [-0.2, -0.15) is 0 Å². The van der Waals surface area contributed by atoms with E-state index in [1.54, 1.807) is 0 Å². The van der Waals surface area contributed by atoms with E-state index >= 15 is 0 Å². The molecule has 6 rings (SSSR count). The van der Waals surface area contributed by atoms with Gasteiger partial charge >= 0.3 is 0 Å². The van der Waals surface area contributed by atoms with E-state index < -0.39 is 0 Å². The van der Waals surface area contributed by atoms with Crippen molar-refractivity contribution in [3.8, 4) is 22.3 Å². The van der Waals surface area contributed by atoms with Gasteiger partial charge in [-0.25, -0.2) is 0 Å². The second-order valence-corrected chi connectivity index (χ2v) is 11.5. The molecule has 32 heavy (non-hydrogen) atoms. The van der Waals surface area contributed by atoms with Crippen molar-refractivity contribution in [2.24, 2.45) is 0 Å². The molecule has 0 atom stereocenters. The SMILES string of the molecule is c1ccc2c(c1)CN(CCP1Cc3ccccc3-c3ccccc3C1)Cc1ccccc1-2. The zero-order valence-electron chi connectivity index (χ0n) is 18.4. The second kappa shape index (κ2) is 8.66. The maximum atomic E-state index is 2.68. The van der Waals surface area contributed by atoms with Crippen molar-refractivity contribution < 1.29 is 0 Å². The van der Waals surface area contributed by atoms with Gasteiger partial charge in [-0.05, 0) is 63.0 Å². The van der Waals surface area contributed by atoms with Crippen LogP contribution in [0.2, 0.25) is 0 Å². The van der Waals surface area contributed by atoms with E-state index in [9.17, 15) is 0 Å². The lowest BCUT2D eigenvalue weighted by atomic mass is 9.97. The molecule has 2 heteroatoms. The first-order chi connectivity index (χ1) is 15.8. The summed E-state index contributed by atoms with van der Waals surface area (Å²) >= 11 is 0. The lowest BCUT2D eigenvalue weighted by molar-refractivity contribution is 0.276. The molecule has 0 aromatic heterocycles. The Hall–Kier alpha value is -2.73. The summed E-state index contributed by atoms with van der Waals surface area (Å²) in [6.07, 6.45) is 3.77. The van der Waals surface area contributed by atoms with Crippen molar-refractivity contribution in [3.05, 3.63) is 119 Å². The zero-order chi connectivity index (χ0) is 21.3. The number of nitrogens with zero attached hydrogens (tertiary/aromatic N) is 1. The maximum absolute atomic E-state index is 2.68. The minimum Gasteiger partial charge on any atom is -0.294 e. The average molecular weight is 434 g/mol. The monoisotopic (exact) mass is 433 g/mol. The van der Waals surface area contributed by atoms with Gasteiger partial charge in [0, 0.05) is 19.6 Å². The topological polar surface area (TPSA) is 3.24 Å². The van der Waals surface area contributed by atoms with Crippen LogP contribution in [-0.2, 0) is 25.4 Å². The van der Waals surface area contributed by atoms with Crippen LogP contribution in [0, 0.1) is 0 Å². The fourth-order valence-electron chi connectivity index (χ4n) is 5.36. The zero-order valence-corrected chi connectivity index (χ0v) is 19.3. The first kappa shape index (κ1) is 19.9. The second-order valence-electron chi connectivity index (χ2n) is 9.05. The molecule has 2 aliphatic heterocycles. The van der Waals surface area contributed by atoms with Crippen LogP contribution in [-0.4, -0.2) is 17.6 Å². The summed E-state index contributed by atoms with van der Waals surface area (Å²) in [7, 11) is -0.0814. The molecule has 0 aliphatic carbocycles. The third-order valence-corrected chi connectivity index (χ3v) is 9.37. The van der Waals surface area contributed by atoms with Crippen LogP contribution in [0.4, 0.5) is 0 Å². The van der Waals surface area contributed by atoms with Crippen LogP contribution >= 0.6 is 7.92 Å². The van der Waals surface area contributed by atoms with Gasteiger partial charge in [0.2, 0.25) is 0 Å². The third kappa shape index (κ3) is 3.81. The summed E-state index contributed by atoms with van der Waals surface area (Å²) < 4.78 is 0. The van der Waals surface area contributed by atoms with Gasteiger partial charge in [0.15, 0.2) is 0 Å². The summed E-state index contributed by atoms with van der Waals surface area (Å²) in [6, 6.07) is 36.1. The number of hydrogen-bond acceptors (Lipinski definition) is 1. The summed E-state index contributed by atoms with van der Waals surface area (Å²) in [5.41, 5.74) is 11.7. The Bertz CT molecular complexity index is 1070. The molecule has 0 amide bonds. The number of fused-ring (bicyclic) bond motifs is 6. The van der Waals surface area contributed by atoms with Crippen LogP contribution in [0.5, 0.6) is 0 Å². The molecule has 1 nitrogen and oxygen atoms in total. The molecule has 4 aromatic rings. The Balaban J connectivity index is 1.26. The van der Waals surface area contributed by atoms with Gasteiger partial charge in [-0.3, -0.25) is 4.90 Å². The van der Waals surface area contributed by atoms with Crippen molar-refractivity contribution in [2.45, 2.75) is 25.4 Å². The summed E-state index contributed by atoms with van der Waals surface area (Å²) in [5, 5.41) is 0. The van der Waals surface area contributed by atoms with Gasteiger partial charge in [0.25, 0.3) is 0 Å². The molecular formula is C30H28NP. The highest BCUT2D eigenvalue weighted by Crippen LogP contribution is 2.50. The molecular weight excluding hydrogens is 405 g/mol. The Morgan fingerprint density at radius 1 is 0.500 bits per heavy atom. The molecule has 0 N–H and O–H groups in total. The highest BCUT2D eigenvalue weighted by molar-refractivity contribution is 7.56. The molecule has 0 saturated carbocycles. The summed E-state index contributed by atoms with van der Waals surface area (Å²) in [4.78, 5) is 2.68. The maximum Gasteiger partial charge on any atom is 0.0243 e. The average Bonchev–Trinajstić information content (AvgIpc) is 3.10. The molecule has 0 radical (unpaired) electrons. The van der Waals surface area contributed by atoms with E-state index in [1.165, 1.54) is 69.5 Å². The fourth-order valence-corrected chi connectivity index (χ4v) is 7.87. The number of benzene rings is 4. The number of hydrogen-bond donors (Lipinski definition) is 0. The van der Waals surface area contributed by atoms with E-state index in [1.807, 2.05) is 0 Å². The molecule has 0 saturated heterocycles. The van der Waals surface area contributed by atoms with Crippen molar-refractivity contribution in [3.63, 3.8) is 0 Å². The van der Waals surface area contributed by atoms with Crippen LogP contribution < -0.4 is 0 Å². The Labute approximate surface area is 192 Å². The summed E-state index contributed by atoms with van der Waals surface area (Å²) in [5.74, 6) is 0. The van der Waals surface area contributed by atoms with Crippen LogP contribution in [0.15, 0.2) is 97.1 Å². The largest absolute Gasteiger partial charge is 0.294 e. The first-order valence-electron chi connectivity index (χ1n) is 11.6. The molecule has 0 unspecified atom stereocenters. The Morgan fingerprint density at radius 2 is 0.875 bits per heavy atom. The molecule has 2 heterocycles. The van der Waals surface area contributed by atoms with Crippen molar-refractivity contribution >= 4 is 7.92 Å². The quantitative estimate of drug-likeness (QED) is 0.302. The summed E-state index contributed by atoms with van der Waals surface area (Å²) in [6.45, 7) is 3.25. The Kier molecular flexibility index (Phi) is 5.39.